The first-order chi connectivity index (χ1) is 9.15. The molecular weight excluding hydrogens is 276 g/mol. The van der Waals surface area contributed by atoms with Crippen molar-refractivity contribution in [2.45, 2.75) is 45.6 Å². The van der Waals surface area contributed by atoms with Crippen LogP contribution in [0.25, 0.3) is 0 Å². The second kappa shape index (κ2) is 8.32. The third-order valence-electron chi connectivity index (χ3n) is 3.72. The van der Waals surface area contributed by atoms with E-state index < -0.39 is 0 Å². The molecule has 1 aliphatic rings. The van der Waals surface area contributed by atoms with Gasteiger partial charge in [-0.2, -0.15) is 0 Å². The largest absolute Gasteiger partial charge is 0.466 e. The molecule has 114 valence electrons. The molecule has 1 aromatic heterocycles. The number of amides is 1. The number of hydrogen-bond acceptors (Lipinski definition) is 3. The predicted octanol–water partition coefficient (Wildman–Crippen LogP) is 2.45. The fourth-order valence-corrected chi connectivity index (χ4v) is 2.50. The van der Waals surface area contributed by atoms with Gasteiger partial charge in [-0.15, -0.1) is 12.4 Å². The molecule has 0 aliphatic carbocycles. The highest BCUT2D eigenvalue weighted by Gasteiger charge is 2.21. The molecule has 1 amide bonds. The van der Waals surface area contributed by atoms with E-state index in [-0.39, 0.29) is 30.3 Å². The van der Waals surface area contributed by atoms with Gasteiger partial charge in [-0.1, -0.05) is 0 Å². The van der Waals surface area contributed by atoms with Gasteiger partial charge in [0.25, 0.3) is 0 Å². The lowest BCUT2D eigenvalue weighted by atomic mass is 9.96. The summed E-state index contributed by atoms with van der Waals surface area (Å²) in [6.07, 6.45) is 3.71. The summed E-state index contributed by atoms with van der Waals surface area (Å²) in [5.74, 6) is 2.35. The Bertz CT molecular complexity index is 414. The number of carbonyl (C=O) groups is 1. The zero-order valence-corrected chi connectivity index (χ0v) is 13.1. The summed E-state index contributed by atoms with van der Waals surface area (Å²) in [7, 11) is 0. The van der Waals surface area contributed by atoms with Crippen LogP contribution < -0.4 is 10.6 Å². The molecule has 0 bridgehead atoms. The second-order valence-electron chi connectivity index (χ2n) is 5.48. The molecule has 2 N–H and O–H groups in total. The van der Waals surface area contributed by atoms with Crippen LogP contribution in [0.1, 0.15) is 37.7 Å². The Kier molecular flexibility index (Phi) is 7.10. The SMILES string of the molecule is Cc1ccc(CCC(C)NC(=O)C2CCNCC2)o1.Cl. The van der Waals surface area contributed by atoms with E-state index in [1.807, 2.05) is 19.1 Å². The number of furan rings is 1. The van der Waals surface area contributed by atoms with Crippen molar-refractivity contribution in [3.63, 3.8) is 0 Å². The maximum atomic E-state index is 12.1. The monoisotopic (exact) mass is 300 g/mol. The van der Waals surface area contributed by atoms with E-state index in [2.05, 4.69) is 17.6 Å². The van der Waals surface area contributed by atoms with E-state index in [4.69, 9.17) is 4.42 Å². The van der Waals surface area contributed by atoms with Crippen LogP contribution in [0.2, 0.25) is 0 Å². The van der Waals surface area contributed by atoms with Gasteiger partial charge in [0.2, 0.25) is 5.91 Å². The van der Waals surface area contributed by atoms with Crippen molar-refractivity contribution in [2.24, 2.45) is 5.92 Å². The molecule has 0 saturated carbocycles. The lowest BCUT2D eigenvalue weighted by Crippen LogP contribution is -2.41. The summed E-state index contributed by atoms with van der Waals surface area (Å²) < 4.78 is 5.53. The Labute approximate surface area is 127 Å². The van der Waals surface area contributed by atoms with Gasteiger partial charge in [0.1, 0.15) is 11.5 Å². The summed E-state index contributed by atoms with van der Waals surface area (Å²) in [5.41, 5.74) is 0. The number of rotatable bonds is 5. The zero-order chi connectivity index (χ0) is 13.7. The van der Waals surface area contributed by atoms with E-state index in [9.17, 15) is 4.79 Å². The highest BCUT2D eigenvalue weighted by Crippen LogP contribution is 2.13. The van der Waals surface area contributed by atoms with Crippen molar-refractivity contribution in [3.05, 3.63) is 23.7 Å². The first-order valence-electron chi connectivity index (χ1n) is 7.21. The molecule has 1 saturated heterocycles. The number of carbonyl (C=O) groups excluding carboxylic acids is 1. The molecule has 1 aromatic rings. The van der Waals surface area contributed by atoms with Crippen molar-refractivity contribution in [1.29, 1.82) is 0 Å². The summed E-state index contributed by atoms with van der Waals surface area (Å²) in [5, 5.41) is 6.40. The molecule has 1 atom stereocenters. The Morgan fingerprint density at radius 1 is 1.45 bits per heavy atom. The average molecular weight is 301 g/mol. The molecule has 0 spiro atoms. The topological polar surface area (TPSA) is 54.3 Å². The van der Waals surface area contributed by atoms with Gasteiger partial charge in [-0.05, 0) is 58.3 Å². The van der Waals surface area contributed by atoms with E-state index in [0.29, 0.717) is 0 Å². The average Bonchev–Trinajstić information content (AvgIpc) is 2.83. The summed E-state index contributed by atoms with van der Waals surface area (Å²) in [6, 6.07) is 4.19. The quantitative estimate of drug-likeness (QED) is 0.878. The first-order valence-corrected chi connectivity index (χ1v) is 7.21. The van der Waals surface area contributed by atoms with Crippen LogP contribution in [0.3, 0.4) is 0 Å². The van der Waals surface area contributed by atoms with E-state index in [1.54, 1.807) is 0 Å². The highest BCUT2D eigenvalue weighted by atomic mass is 35.5. The smallest absolute Gasteiger partial charge is 0.223 e. The predicted molar refractivity (Wildman–Crippen MR) is 82.2 cm³/mol. The normalized spacial score (nSPS) is 17.3. The van der Waals surface area contributed by atoms with E-state index in [0.717, 1.165) is 50.3 Å². The molecule has 2 heterocycles. The van der Waals surface area contributed by atoms with Gasteiger partial charge in [0.05, 0.1) is 0 Å². The molecular formula is C15H25ClN2O2. The van der Waals surface area contributed by atoms with Crippen molar-refractivity contribution < 1.29 is 9.21 Å². The minimum absolute atomic E-state index is 0. The van der Waals surface area contributed by atoms with Crippen LogP contribution in [0.4, 0.5) is 0 Å². The molecule has 0 radical (unpaired) electrons. The Hall–Kier alpha value is -1.00. The highest BCUT2D eigenvalue weighted by molar-refractivity contribution is 5.85. The maximum Gasteiger partial charge on any atom is 0.223 e. The van der Waals surface area contributed by atoms with E-state index in [1.165, 1.54) is 0 Å². The minimum Gasteiger partial charge on any atom is -0.466 e. The summed E-state index contributed by atoms with van der Waals surface area (Å²) in [6.45, 7) is 5.93. The van der Waals surface area contributed by atoms with Crippen molar-refractivity contribution in [3.8, 4) is 0 Å². The lowest BCUT2D eigenvalue weighted by Gasteiger charge is -2.23. The van der Waals surface area contributed by atoms with Gasteiger partial charge in [0, 0.05) is 18.4 Å². The first kappa shape index (κ1) is 17.1. The van der Waals surface area contributed by atoms with Gasteiger partial charge >= 0.3 is 0 Å². The minimum atomic E-state index is 0. The summed E-state index contributed by atoms with van der Waals surface area (Å²) in [4.78, 5) is 12.1. The standard InChI is InChI=1S/C15H24N2O2.ClH/c1-11(3-5-14-6-4-12(2)19-14)17-15(18)13-7-9-16-10-8-13;/h4,6,11,13,16H,3,5,7-10H2,1-2H3,(H,17,18);1H. The van der Waals surface area contributed by atoms with Crippen LogP contribution in [0.15, 0.2) is 16.5 Å². The number of halogens is 1. The molecule has 4 nitrogen and oxygen atoms in total. The van der Waals surface area contributed by atoms with E-state index >= 15 is 0 Å². The van der Waals surface area contributed by atoms with Crippen LogP contribution in [0, 0.1) is 12.8 Å². The number of nitrogens with one attached hydrogen (secondary N) is 2. The van der Waals surface area contributed by atoms with Crippen molar-refractivity contribution >= 4 is 18.3 Å². The molecule has 1 unspecified atom stereocenters. The third-order valence-corrected chi connectivity index (χ3v) is 3.72. The number of aryl methyl sites for hydroxylation is 2. The van der Waals surface area contributed by atoms with Gasteiger partial charge in [-0.25, -0.2) is 0 Å². The van der Waals surface area contributed by atoms with Gasteiger partial charge < -0.3 is 15.1 Å². The maximum absolute atomic E-state index is 12.1. The fraction of sp³-hybridized carbons (Fsp3) is 0.667. The van der Waals surface area contributed by atoms with Crippen LogP contribution >= 0.6 is 12.4 Å². The Balaban J connectivity index is 0.00000200. The van der Waals surface area contributed by atoms with Crippen molar-refractivity contribution in [1.82, 2.24) is 10.6 Å². The van der Waals surface area contributed by atoms with Crippen molar-refractivity contribution in [2.75, 3.05) is 13.1 Å². The lowest BCUT2D eigenvalue weighted by molar-refractivity contribution is -0.126. The van der Waals surface area contributed by atoms with Gasteiger partial charge in [0.15, 0.2) is 0 Å². The summed E-state index contributed by atoms with van der Waals surface area (Å²) >= 11 is 0. The Morgan fingerprint density at radius 3 is 2.75 bits per heavy atom. The molecule has 1 fully saturated rings. The second-order valence-corrected chi connectivity index (χ2v) is 5.48. The fourth-order valence-electron chi connectivity index (χ4n) is 2.50. The zero-order valence-electron chi connectivity index (χ0n) is 12.3. The molecule has 20 heavy (non-hydrogen) atoms. The Morgan fingerprint density at radius 2 is 2.15 bits per heavy atom. The number of hydrogen-bond donors (Lipinski definition) is 2. The molecule has 1 aliphatic heterocycles. The molecule has 0 aromatic carbocycles. The molecule has 5 heteroatoms. The van der Waals surface area contributed by atoms with Gasteiger partial charge in [-0.3, -0.25) is 4.79 Å². The number of piperidine rings is 1. The molecule has 2 rings (SSSR count). The van der Waals surface area contributed by atoms with Crippen LogP contribution in [-0.4, -0.2) is 25.0 Å². The van der Waals surface area contributed by atoms with Crippen LogP contribution in [-0.2, 0) is 11.2 Å². The third kappa shape index (κ3) is 5.17. The van der Waals surface area contributed by atoms with Crippen LogP contribution in [0.5, 0.6) is 0 Å².